The Bertz CT molecular complexity index is 1220. The van der Waals surface area contributed by atoms with Crippen LogP contribution in [0, 0.1) is 0 Å². The van der Waals surface area contributed by atoms with E-state index in [0.29, 0.717) is 17.7 Å². The molecular weight excluding hydrogens is 384 g/mol. The first kappa shape index (κ1) is 17.9. The third kappa shape index (κ3) is 3.07. The first-order valence-corrected chi connectivity index (χ1v) is 10.5. The van der Waals surface area contributed by atoms with Gasteiger partial charge in [-0.05, 0) is 48.6 Å². The Balaban J connectivity index is 1.22. The molecule has 2 amide bonds. The molecule has 1 aliphatic rings. The smallest absolute Gasteiger partial charge is 0.261 e. The lowest BCUT2D eigenvalue weighted by Gasteiger charge is -2.13. The minimum Gasteiger partial charge on any atom is -0.274 e. The highest BCUT2D eigenvalue weighted by molar-refractivity contribution is 7.99. The van der Waals surface area contributed by atoms with E-state index in [1.54, 1.807) is 36.0 Å². The summed E-state index contributed by atoms with van der Waals surface area (Å²) >= 11 is 1.64. The first-order chi connectivity index (χ1) is 14.2. The second-order valence-corrected chi connectivity index (χ2v) is 7.99. The summed E-state index contributed by atoms with van der Waals surface area (Å²) in [5.41, 5.74) is 2.93. The average Bonchev–Trinajstić information content (AvgIpc) is 3.28. The molecule has 29 heavy (non-hydrogen) atoms. The highest BCUT2D eigenvalue weighted by Crippen LogP contribution is 2.25. The summed E-state index contributed by atoms with van der Waals surface area (Å²) in [6, 6.07) is 19.2. The van der Waals surface area contributed by atoms with Gasteiger partial charge in [-0.1, -0.05) is 42.1 Å². The fraction of sp³-hybridized carbons (Fsp3) is 0.182. The van der Waals surface area contributed by atoms with Crippen molar-refractivity contribution in [1.82, 2.24) is 19.5 Å². The summed E-state index contributed by atoms with van der Waals surface area (Å²) in [5.74, 6) is 0.467. The maximum absolute atomic E-state index is 12.4. The molecule has 0 saturated carbocycles. The van der Waals surface area contributed by atoms with E-state index in [9.17, 15) is 9.59 Å². The van der Waals surface area contributed by atoms with Crippen LogP contribution in [0.15, 0.2) is 65.8 Å². The van der Waals surface area contributed by atoms with Crippen molar-refractivity contribution in [2.75, 3.05) is 12.3 Å². The fourth-order valence-electron chi connectivity index (χ4n) is 3.68. The second-order valence-electron chi connectivity index (χ2n) is 6.93. The molecule has 0 radical (unpaired) electrons. The molecule has 1 aliphatic heterocycles. The molecule has 0 spiro atoms. The van der Waals surface area contributed by atoms with E-state index < -0.39 is 0 Å². The number of carbonyl (C=O) groups excluding carboxylic acids is 2. The lowest BCUT2D eigenvalue weighted by Crippen LogP contribution is -2.30. The first-order valence-electron chi connectivity index (χ1n) is 9.55. The van der Waals surface area contributed by atoms with Crippen LogP contribution in [-0.4, -0.2) is 43.6 Å². The predicted molar refractivity (Wildman–Crippen MR) is 112 cm³/mol. The number of fused-ring (bicyclic) bond motifs is 4. The van der Waals surface area contributed by atoms with Gasteiger partial charge in [-0.25, -0.2) is 0 Å². The van der Waals surface area contributed by atoms with Crippen molar-refractivity contribution >= 4 is 40.1 Å². The van der Waals surface area contributed by atoms with Gasteiger partial charge < -0.3 is 0 Å². The predicted octanol–water partition coefficient (Wildman–Crippen LogP) is 4.05. The van der Waals surface area contributed by atoms with Crippen LogP contribution >= 0.6 is 11.8 Å². The van der Waals surface area contributed by atoms with Crippen molar-refractivity contribution in [2.24, 2.45) is 0 Å². The number of aromatic nitrogens is 3. The Morgan fingerprint density at radius 1 is 0.793 bits per heavy atom. The number of para-hydroxylation sites is 1. The van der Waals surface area contributed by atoms with Crippen LogP contribution in [0.25, 0.3) is 16.6 Å². The number of unbranched alkanes of at least 4 members (excludes halogenated alkanes) is 1. The second kappa shape index (κ2) is 7.33. The maximum Gasteiger partial charge on any atom is 0.261 e. The number of hydrogen-bond acceptors (Lipinski definition) is 5. The summed E-state index contributed by atoms with van der Waals surface area (Å²) < 4.78 is 2.07. The Labute approximate surface area is 171 Å². The van der Waals surface area contributed by atoms with Gasteiger partial charge in [0.05, 0.1) is 16.6 Å². The minimum atomic E-state index is -0.187. The number of pyridine rings is 1. The highest BCUT2D eigenvalue weighted by Gasteiger charge is 2.34. The molecule has 0 unspecified atom stereocenters. The SMILES string of the molecule is O=C1c2ccccc2C(=O)N1CCCCSc1nnc2ccc3ccccc3n12. The van der Waals surface area contributed by atoms with Gasteiger partial charge in [0.2, 0.25) is 0 Å². The number of carbonyl (C=O) groups is 2. The van der Waals surface area contributed by atoms with Gasteiger partial charge in [-0.2, -0.15) is 0 Å². The summed E-state index contributed by atoms with van der Waals surface area (Å²) in [7, 11) is 0. The van der Waals surface area contributed by atoms with E-state index in [-0.39, 0.29) is 11.8 Å². The zero-order valence-corrected chi connectivity index (χ0v) is 16.4. The molecule has 2 aromatic heterocycles. The highest BCUT2D eigenvalue weighted by atomic mass is 32.2. The zero-order valence-electron chi connectivity index (χ0n) is 15.6. The molecule has 4 aromatic rings. The largest absolute Gasteiger partial charge is 0.274 e. The standard InChI is InChI=1S/C22H18N4O2S/c27-20-16-8-2-3-9-17(16)21(28)25(20)13-5-6-14-29-22-24-23-19-12-11-15-7-1-4-10-18(15)26(19)22/h1-4,7-12H,5-6,13-14H2. The molecule has 2 aromatic carbocycles. The van der Waals surface area contributed by atoms with Gasteiger partial charge in [0.25, 0.3) is 11.8 Å². The molecule has 0 N–H and O–H groups in total. The van der Waals surface area contributed by atoms with Crippen molar-refractivity contribution < 1.29 is 9.59 Å². The number of rotatable bonds is 6. The van der Waals surface area contributed by atoms with Gasteiger partial charge in [-0.15, -0.1) is 10.2 Å². The average molecular weight is 402 g/mol. The van der Waals surface area contributed by atoms with Crippen LogP contribution in [0.4, 0.5) is 0 Å². The van der Waals surface area contributed by atoms with E-state index in [1.807, 2.05) is 18.2 Å². The zero-order chi connectivity index (χ0) is 19.8. The van der Waals surface area contributed by atoms with Crippen molar-refractivity contribution in [2.45, 2.75) is 18.0 Å². The molecule has 6 nitrogen and oxygen atoms in total. The molecule has 144 valence electrons. The van der Waals surface area contributed by atoms with Crippen LogP contribution in [0.3, 0.4) is 0 Å². The fourth-order valence-corrected chi connectivity index (χ4v) is 4.63. The molecule has 0 atom stereocenters. The van der Waals surface area contributed by atoms with Crippen LogP contribution in [-0.2, 0) is 0 Å². The molecule has 7 heteroatoms. The molecule has 0 bridgehead atoms. The molecule has 3 heterocycles. The Morgan fingerprint density at radius 2 is 1.52 bits per heavy atom. The Hall–Kier alpha value is -3.19. The topological polar surface area (TPSA) is 67.6 Å². The van der Waals surface area contributed by atoms with Crippen LogP contribution < -0.4 is 0 Å². The third-order valence-electron chi connectivity index (χ3n) is 5.13. The van der Waals surface area contributed by atoms with Gasteiger partial charge in [0, 0.05) is 12.3 Å². The summed E-state index contributed by atoms with van der Waals surface area (Å²) in [6.07, 6.45) is 1.63. The summed E-state index contributed by atoms with van der Waals surface area (Å²) in [4.78, 5) is 26.2. The monoisotopic (exact) mass is 402 g/mol. The van der Waals surface area contributed by atoms with E-state index in [0.717, 1.165) is 40.3 Å². The number of benzene rings is 2. The number of thioether (sulfide) groups is 1. The Morgan fingerprint density at radius 3 is 2.31 bits per heavy atom. The van der Waals surface area contributed by atoms with E-state index in [4.69, 9.17) is 0 Å². The maximum atomic E-state index is 12.4. The minimum absolute atomic E-state index is 0.187. The number of nitrogens with zero attached hydrogens (tertiary/aromatic N) is 4. The van der Waals surface area contributed by atoms with Crippen molar-refractivity contribution in [1.29, 1.82) is 0 Å². The molecule has 0 fully saturated rings. The summed E-state index contributed by atoms with van der Waals surface area (Å²) in [5, 5.41) is 10.6. The normalized spacial score (nSPS) is 13.6. The number of hydrogen-bond donors (Lipinski definition) is 0. The van der Waals surface area contributed by atoms with Gasteiger partial charge in [-0.3, -0.25) is 18.9 Å². The Kier molecular flexibility index (Phi) is 4.52. The lowest BCUT2D eigenvalue weighted by molar-refractivity contribution is 0.0652. The van der Waals surface area contributed by atoms with Gasteiger partial charge in [0.15, 0.2) is 10.8 Å². The number of amides is 2. The van der Waals surface area contributed by atoms with E-state index >= 15 is 0 Å². The lowest BCUT2D eigenvalue weighted by atomic mass is 10.1. The number of imide groups is 1. The van der Waals surface area contributed by atoms with E-state index in [2.05, 4.69) is 32.8 Å². The molecule has 5 rings (SSSR count). The quantitative estimate of drug-likeness (QED) is 0.276. The van der Waals surface area contributed by atoms with Gasteiger partial charge in [0.1, 0.15) is 0 Å². The van der Waals surface area contributed by atoms with Crippen LogP contribution in [0.1, 0.15) is 33.6 Å². The van der Waals surface area contributed by atoms with Crippen LogP contribution in [0.2, 0.25) is 0 Å². The van der Waals surface area contributed by atoms with Crippen molar-refractivity contribution in [3.05, 3.63) is 71.8 Å². The molecule has 0 saturated heterocycles. The molecule has 0 aliphatic carbocycles. The van der Waals surface area contributed by atoms with Gasteiger partial charge >= 0.3 is 0 Å². The van der Waals surface area contributed by atoms with E-state index in [1.165, 1.54) is 4.90 Å². The third-order valence-corrected chi connectivity index (χ3v) is 6.15. The molecular formula is C22H18N4O2S. The van der Waals surface area contributed by atoms with Crippen molar-refractivity contribution in [3.8, 4) is 0 Å². The van der Waals surface area contributed by atoms with Crippen LogP contribution in [0.5, 0.6) is 0 Å². The summed E-state index contributed by atoms with van der Waals surface area (Å²) in [6.45, 7) is 0.441. The van der Waals surface area contributed by atoms with Crippen molar-refractivity contribution in [3.63, 3.8) is 0 Å².